The maximum Gasteiger partial charge on any atom is 0.314 e. The standard InChI is InChI=1S/C21H31N3O6/c1-3-8-22-21(27)24-12-17-19(26)20-16(30-17)9-15(29-20)10-18(25)23-11-13-4-6-14(28-2)7-5-13/h4-7,15-17,19-20,26H,3,8-12H2,1-2H3,(H,23,25)(H2,22,24,27). The van der Waals surface area contributed by atoms with Gasteiger partial charge in [-0.2, -0.15) is 0 Å². The van der Waals surface area contributed by atoms with Crippen LogP contribution in [0.2, 0.25) is 0 Å². The molecule has 0 aliphatic carbocycles. The molecule has 2 saturated heterocycles. The highest BCUT2D eigenvalue weighted by atomic mass is 16.6. The van der Waals surface area contributed by atoms with E-state index in [9.17, 15) is 14.7 Å². The number of rotatable bonds is 9. The first-order valence-corrected chi connectivity index (χ1v) is 10.4. The number of carbonyl (C=O) groups is 2. The number of benzene rings is 1. The Bertz CT molecular complexity index is 713. The summed E-state index contributed by atoms with van der Waals surface area (Å²) in [6, 6.07) is 7.21. The van der Waals surface area contributed by atoms with Crippen molar-refractivity contribution in [2.75, 3.05) is 20.2 Å². The number of fused-ring (bicyclic) bond motifs is 1. The van der Waals surface area contributed by atoms with E-state index in [0.29, 0.717) is 19.5 Å². The van der Waals surface area contributed by atoms with Crippen LogP contribution >= 0.6 is 0 Å². The molecule has 2 aliphatic rings. The molecule has 9 heteroatoms. The Morgan fingerprint density at radius 3 is 2.60 bits per heavy atom. The maximum absolute atomic E-state index is 12.3. The van der Waals surface area contributed by atoms with Gasteiger partial charge in [0.05, 0.1) is 25.7 Å². The molecule has 2 aliphatic heterocycles. The highest BCUT2D eigenvalue weighted by Gasteiger charge is 2.50. The minimum absolute atomic E-state index is 0.115. The molecule has 4 N–H and O–H groups in total. The van der Waals surface area contributed by atoms with Crippen LogP contribution in [-0.4, -0.2) is 67.8 Å². The van der Waals surface area contributed by atoms with Crippen molar-refractivity contribution in [2.45, 2.75) is 63.3 Å². The Morgan fingerprint density at radius 1 is 1.17 bits per heavy atom. The van der Waals surface area contributed by atoms with Gasteiger partial charge >= 0.3 is 6.03 Å². The van der Waals surface area contributed by atoms with E-state index in [1.165, 1.54) is 0 Å². The topological polar surface area (TPSA) is 118 Å². The molecule has 0 aromatic heterocycles. The molecule has 0 saturated carbocycles. The van der Waals surface area contributed by atoms with E-state index in [1.807, 2.05) is 31.2 Å². The van der Waals surface area contributed by atoms with Crippen LogP contribution in [0.4, 0.5) is 4.79 Å². The molecule has 3 rings (SSSR count). The average Bonchev–Trinajstić information content (AvgIpc) is 3.27. The van der Waals surface area contributed by atoms with Crippen LogP contribution in [0.15, 0.2) is 24.3 Å². The fourth-order valence-electron chi connectivity index (χ4n) is 3.73. The summed E-state index contributed by atoms with van der Waals surface area (Å²) in [4.78, 5) is 23.9. The van der Waals surface area contributed by atoms with Crippen LogP contribution in [0.3, 0.4) is 0 Å². The van der Waals surface area contributed by atoms with Crippen LogP contribution in [-0.2, 0) is 20.8 Å². The lowest BCUT2D eigenvalue weighted by molar-refractivity contribution is -0.124. The second kappa shape index (κ2) is 10.6. The Hall–Kier alpha value is -2.36. The molecule has 166 valence electrons. The summed E-state index contributed by atoms with van der Waals surface area (Å²) in [5, 5.41) is 18.8. The molecular weight excluding hydrogens is 390 g/mol. The summed E-state index contributed by atoms with van der Waals surface area (Å²) >= 11 is 0. The number of aliphatic hydroxyl groups excluding tert-OH is 1. The monoisotopic (exact) mass is 421 g/mol. The largest absolute Gasteiger partial charge is 0.497 e. The Kier molecular flexibility index (Phi) is 7.89. The molecule has 1 aromatic rings. The van der Waals surface area contributed by atoms with Crippen molar-refractivity contribution < 1.29 is 28.9 Å². The molecule has 2 fully saturated rings. The van der Waals surface area contributed by atoms with Gasteiger partial charge in [-0.3, -0.25) is 4.79 Å². The number of hydrogen-bond donors (Lipinski definition) is 4. The van der Waals surface area contributed by atoms with Crippen molar-refractivity contribution in [3.05, 3.63) is 29.8 Å². The highest BCUT2D eigenvalue weighted by molar-refractivity contribution is 5.76. The summed E-state index contributed by atoms with van der Waals surface area (Å²) in [6.07, 6.45) is -0.806. The van der Waals surface area contributed by atoms with Gasteiger partial charge in [0, 0.05) is 26.1 Å². The zero-order valence-electron chi connectivity index (χ0n) is 17.4. The van der Waals surface area contributed by atoms with Crippen molar-refractivity contribution in [3.8, 4) is 5.75 Å². The zero-order chi connectivity index (χ0) is 21.5. The van der Waals surface area contributed by atoms with E-state index < -0.39 is 18.3 Å². The average molecular weight is 421 g/mol. The summed E-state index contributed by atoms with van der Waals surface area (Å²) in [7, 11) is 1.61. The van der Waals surface area contributed by atoms with E-state index in [0.717, 1.165) is 17.7 Å². The SMILES string of the molecule is CCCNC(=O)NCC1OC2CC(CC(=O)NCc3ccc(OC)cc3)OC2C1O. The first kappa shape index (κ1) is 22.3. The summed E-state index contributed by atoms with van der Waals surface area (Å²) in [5.74, 6) is 0.653. The maximum atomic E-state index is 12.3. The van der Waals surface area contributed by atoms with Crippen LogP contribution in [0.5, 0.6) is 5.75 Å². The highest BCUT2D eigenvalue weighted by Crippen LogP contribution is 2.35. The number of carbonyl (C=O) groups excluding carboxylic acids is 2. The van der Waals surface area contributed by atoms with Gasteiger partial charge < -0.3 is 35.3 Å². The molecule has 0 spiro atoms. The Morgan fingerprint density at radius 2 is 1.93 bits per heavy atom. The lowest BCUT2D eigenvalue weighted by Gasteiger charge is -2.20. The second-order valence-corrected chi connectivity index (χ2v) is 7.63. The smallest absolute Gasteiger partial charge is 0.314 e. The third kappa shape index (κ3) is 5.84. The van der Waals surface area contributed by atoms with Gasteiger partial charge in [-0.1, -0.05) is 19.1 Å². The number of ether oxygens (including phenoxy) is 3. The lowest BCUT2D eigenvalue weighted by Crippen LogP contribution is -2.44. The van der Waals surface area contributed by atoms with Crippen molar-refractivity contribution in [1.29, 1.82) is 0 Å². The Balaban J connectivity index is 1.37. The molecule has 1 aromatic carbocycles. The summed E-state index contributed by atoms with van der Waals surface area (Å²) < 4.78 is 16.8. The van der Waals surface area contributed by atoms with E-state index >= 15 is 0 Å². The molecular formula is C21H31N3O6. The lowest BCUT2D eigenvalue weighted by atomic mass is 10.1. The number of urea groups is 1. The van der Waals surface area contributed by atoms with Crippen LogP contribution in [0.1, 0.15) is 31.7 Å². The first-order valence-electron chi connectivity index (χ1n) is 10.4. The van der Waals surface area contributed by atoms with E-state index in [1.54, 1.807) is 7.11 Å². The van der Waals surface area contributed by atoms with Crippen molar-refractivity contribution in [3.63, 3.8) is 0 Å². The number of methoxy groups -OCH3 is 1. The fraction of sp³-hybridized carbons (Fsp3) is 0.619. The van der Waals surface area contributed by atoms with Gasteiger partial charge in [0.1, 0.15) is 24.1 Å². The third-order valence-electron chi connectivity index (χ3n) is 5.34. The third-order valence-corrected chi connectivity index (χ3v) is 5.34. The molecule has 30 heavy (non-hydrogen) atoms. The van der Waals surface area contributed by atoms with Gasteiger partial charge in [-0.25, -0.2) is 4.79 Å². The molecule has 5 atom stereocenters. The fourth-order valence-corrected chi connectivity index (χ4v) is 3.73. The van der Waals surface area contributed by atoms with Gasteiger partial charge in [0.25, 0.3) is 0 Å². The van der Waals surface area contributed by atoms with E-state index in [4.69, 9.17) is 14.2 Å². The second-order valence-electron chi connectivity index (χ2n) is 7.63. The summed E-state index contributed by atoms with van der Waals surface area (Å²) in [6.45, 7) is 3.20. The van der Waals surface area contributed by atoms with Crippen molar-refractivity contribution >= 4 is 11.9 Å². The number of nitrogens with one attached hydrogen (secondary N) is 3. The normalized spacial score (nSPS) is 27.4. The van der Waals surface area contributed by atoms with Crippen molar-refractivity contribution in [1.82, 2.24) is 16.0 Å². The number of hydrogen-bond acceptors (Lipinski definition) is 6. The molecule has 0 radical (unpaired) electrons. The molecule has 9 nitrogen and oxygen atoms in total. The van der Waals surface area contributed by atoms with E-state index in [-0.39, 0.29) is 37.1 Å². The molecule has 0 bridgehead atoms. The number of aliphatic hydroxyl groups is 1. The van der Waals surface area contributed by atoms with Gasteiger partial charge in [0.15, 0.2) is 0 Å². The predicted molar refractivity (Wildman–Crippen MR) is 109 cm³/mol. The number of amides is 3. The molecule has 3 amide bonds. The van der Waals surface area contributed by atoms with E-state index in [2.05, 4.69) is 16.0 Å². The van der Waals surface area contributed by atoms with Crippen LogP contribution < -0.4 is 20.7 Å². The van der Waals surface area contributed by atoms with Crippen LogP contribution in [0, 0.1) is 0 Å². The quantitative estimate of drug-likeness (QED) is 0.466. The first-order chi connectivity index (χ1) is 14.5. The van der Waals surface area contributed by atoms with Crippen molar-refractivity contribution in [2.24, 2.45) is 0 Å². The predicted octanol–water partition coefficient (Wildman–Crippen LogP) is 0.697. The van der Waals surface area contributed by atoms with Crippen LogP contribution in [0.25, 0.3) is 0 Å². The van der Waals surface area contributed by atoms with Gasteiger partial charge in [0.2, 0.25) is 5.91 Å². The Labute approximate surface area is 176 Å². The summed E-state index contributed by atoms with van der Waals surface area (Å²) in [5.41, 5.74) is 0.977. The van der Waals surface area contributed by atoms with Gasteiger partial charge in [-0.15, -0.1) is 0 Å². The zero-order valence-corrected chi connectivity index (χ0v) is 17.4. The molecule has 2 heterocycles. The van der Waals surface area contributed by atoms with Gasteiger partial charge in [-0.05, 0) is 24.1 Å². The molecule has 5 unspecified atom stereocenters. The minimum Gasteiger partial charge on any atom is -0.497 e. The minimum atomic E-state index is -0.839.